The lowest BCUT2D eigenvalue weighted by Gasteiger charge is -2.11. The zero-order valence-corrected chi connectivity index (χ0v) is 21.3. The van der Waals surface area contributed by atoms with Crippen molar-refractivity contribution in [3.63, 3.8) is 0 Å². The van der Waals surface area contributed by atoms with Crippen molar-refractivity contribution in [1.29, 1.82) is 0 Å². The van der Waals surface area contributed by atoms with Crippen LogP contribution in [0.2, 0.25) is 0 Å². The predicted octanol–water partition coefficient (Wildman–Crippen LogP) is 5.79. The molecule has 0 spiro atoms. The molecule has 0 atom stereocenters. The van der Waals surface area contributed by atoms with Crippen LogP contribution < -0.4 is 10.1 Å². The van der Waals surface area contributed by atoms with Crippen LogP contribution in [0.15, 0.2) is 36.4 Å². The Morgan fingerprint density at radius 2 is 1.79 bits per heavy atom. The Morgan fingerprint density at radius 3 is 2.47 bits per heavy atom. The molecule has 1 amide bonds. The topological polar surface area (TPSA) is 94.8 Å². The van der Waals surface area contributed by atoms with Gasteiger partial charge in [0.15, 0.2) is 17.0 Å². The van der Waals surface area contributed by atoms with Crippen LogP contribution in [0.25, 0.3) is 16.9 Å². The number of anilines is 1. The average molecular weight is 545 g/mol. The second-order valence-corrected chi connectivity index (χ2v) is 9.87. The number of nitrogens with one attached hydrogen (secondary N) is 1. The average Bonchev–Trinajstić information content (AvgIpc) is 3.40. The van der Waals surface area contributed by atoms with Crippen LogP contribution in [0.5, 0.6) is 5.75 Å². The molecule has 0 unspecified atom stereocenters. The van der Waals surface area contributed by atoms with Crippen molar-refractivity contribution in [1.82, 2.24) is 14.6 Å². The van der Waals surface area contributed by atoms with Gasteiger partial charge in [0.25, 0.3) is 5.91 Å². The van der Waals surface area contributed by atoms with E-state index in [1.54, 1.807) is 24.3 Å². The largest absolute Gasteiger partial charge is 0.497 e. The maximum absolute atomic E-state index is 14.0. The van der Waals surface area contributed by atoms with Gasteiger partial charge in [-0.25, -0.2) is 14.3 Å². The summed E-state index contributed by atoms with van der Waals surface area (Å²) in [5.41, 5.74) is 0.158. The molecular weight excluding hydrogens is 521 g/mol. The van der Waals surface area contributed by atoms with Crippen LogP contribution in [0, 0.1) is 0 Å². The van der Waals surface area contributed by atoms with E-state index in [1.165, 1.54) is 31.6 Å². The molecule has 12 heteroatoms. The monoisotopic (exact) mass is 544 g/mol. The third-order valence-corrected chi connectivity index (χ3v) is 7.58. The maximum Gasteiger partial charge on any atom is 0.433 e. The van der Waals surface area contributed by atoms with Gasteiger partial charge in [-0.2, -0.15) is 18.3 Å². The molecule has 3 heterocycles. The van der Waals surface area contributed by atoms with Crippen LogP contribution >= 0.6 is 11.3 Å². The molecule has 1 aliphatic carbocycles. The van der Waals surface area contributed by atoms with Gasteiger partial charge in [-0.15, -0.1) is 11.3 Å². The molecule has 0 saturated carbocycles. The fourth-order valence-electron chi connectivity index (χ4n) is 4.51. The van der Waals surface area contributed by atoms with E-state index in [4.69, 9.17) is 9.47 Å². The first-order chi connectivity index (χ1) is 18.2. The standard InChI is InChI=1S/C26H23F3N4O4S/c1-36-15-10-8-14(9-11-15)17-12-20(26(27,28)29)33-21(30-17)13-18(32-33)23(34)31-24-22(25(35)37-2)16-6-4-3-5-7-19(16)38-24/h8-13H,3-7H2,1-2H3,(H,31,34). The minimum absolute atomic E-state index is 0.0642. The summed E-state index contributed by atoms with van der Waals surface area (Å²) >= 11 is 1.29. The van der Waals surface area contributed by atoms with Gasteiger partial charge in [-0.05, 0) is 61.6 Å². The van der Waals surface area contributed by atoms with Crippen molar-refractivity contribution in [2.75, 3.05) is 19.5 Å². The Balaban J connectivity index is 1.54. The third-order valence-electron chi connectivity index (χ3n) is 6.37. The normalized spacial score (nSPS) is 13.6. The van der Waals surface area contributed by atoms with Crippen LogP contribution in [0.1, 0.15) is 56.2 Å². The highest BCUT2D eigenvalue weighted by atomic mass is 32.1. The van der Waals surface area contributed by atoms with E-state index in [-0.39, 0.29) is 17.0 Å². The summed E-state index contributed by atoms with van der Waals surface area (Å²) in [4.78, 5) is 31.0. The molecule has 0 radical (unpaired) electrons. The Morgan fingerprint density at radius 1 is 1.05 bits per heavy atom. The number of aromatic nitrogens is 3. The van der Waals surface area contributed by atoms with E-state index in [2.05, 4.69) is 15.4 Å². The van der Waals surface area contributed by atoms with Crippen molar-refractivity contribution in [2.24, 2.45) is 0 Å². The predicted molar refractivity (Wildman–Crippen MR) is 135 cm³/mol. The molecule has 38 heavy (non-hydrogen) atoms. The number of thiophene rings is 1. The second-order valence-electron chi connectivity index (χ2n) is 8.77. The lowest BCUT2D eigenvalue weighted by atomic mass is 10.1. The number of hydrogen-bond acceptors (Lipinski definition) is 7. The molecule has 0 aliphatic heterocycles. The smallest absolute Gasteiger partial charge is 0.433 e. The van der Waals surface area contributed by atoms with Crippen LogP contribution in [-0.4, -0.2) is 40.7 Å². The number of fused-ring (bicyclic) bond motifs is 2. The van der Waals surface area contributed by atoms with Crippen LogP contribution in [0.3, 0.4) is 0 Å². The highest BCUT2D eigenvalue weighted by molar-refractivity contribution is 7.17. The first-order valence-electron chi connectivity index (χ1n) is 11.9. The molecule has 1 aliphatic rings. The van der Waals surface area contributed by atoms with Crippen molar-refractivity contribution >= 4 is 33.9 Å². The van der Waals surface area contributed by atoms with Crippen molar-refractivity contribution < 1.29 is 32.2 Å². The second kappa shape index (κ2) is 10.1. The molecule has 5 rings (SSSR count). The van der Waals surface area contributed by atoms with Crippen LogP contribution in [-0.2, 0) is 23.8 Å². The quantitative estimate of drug-likeness (QED) is 0.252. The first kappa shape index (κ1) is 25.7. The number of ether oxygens (including phenoxy) is 2. The molecule has 1 aromatic carbocycles. The Kier molecular flexibility index (Phi) is 6.82. The molecule has 198 valence electrons. The number of carbonyl (C=O) groups is 2. The molecule has 0 bridgehead atoms. The van der Waals surface area contributed by atoms with E-state index in [1.807, 2.05) is 0 Å². The minimum atomic E-state index is -4.76. The van der Waals surface area contributed by atoms with Gasteiger partial charge in [0.05, 0.1) is 25.5 Å². The van der Waals surface area contributed by atoms with Gasteiger partial charge in [0, 0.05) is 16.5 Å². The van der Waals surface area contributed by atoms with E-state index < -0.39 is 23.7 Å². The number of alkyl halides is 3. The number of carbonyl (C=O) groups excluding carboxylic acids is 2. The van der Waals surface area contributed by atoms with Crippen molar-refractivity contribution in [3.05, 3.63) is 63.8 Å². The van der Waals surface area contributed by atoms with Crippen molar-refractivity contribution in [2.45, 2.75) is 38.3 Å². The highest BCUT2D eigenvalue weighted by Crippen LogP contribution is 2.38. The third kappa shape index (κ3) is 4.83. The molecule has 4 aromatic rings. The first-order valence-corrected chi connectivity index (χ1v) is 12.7. The summed E-state index contributed by atoms with van der Waals surface area (Å²) in [5, 5.41) is 6.90. The minimum Gasteiger partial charge on any atom is -0.497 e. The number of benzene rings is 1. The number of amides is 1. The summed E-state index contributed by atoms with van der Waals surface area (Å²) in [6.45, 7) is 0. The van der Waals surface area contributed by atoms with E-state index in [0.717, 1.165) is 42.2 Å². The molecule has 3 aromatic heterocycles. The van der Waals surface area contributed by atoms with Gasteiger partial charge in [0.1, 0.15) is 10.8 Å². The fourth-order valence-corrected chi connectivity index (χ4v) is 5.79. The Hall–Kier alpha value is -3.93. The molecular formula is C26H23F3N4O4S. The lowest BCUT2D eigenvalue weighted by Crippen LogP contribution is -2.16. The van der Waals surface area contributed by atoms with Gasteiger partial charge in [-0.3, -0.25) is 4.79 Å². The maximum atomic E-state index is 14.0. The van der Waals surface area contributed by atoms with E-state index in [9.17, 15) is 22.8 Å². The number of methoxy groups -OCH3 is 2. The zero-order valence-electron chi connectivity index (χ0n) is 20.5. The van der Waals surface area contributed by atoms with Gasteiger partial charge in [0.2, 0.25) is 0 Å². The molecule has 0 fully saturated rings. The Bertz CT molecular complexity index is 1530. The van der Waals surface area contributed by atoms with Crippen molar-refractivity contribution in [3.8, 4) is 17.0 Å². The lowest BCUT2D eigenvalue weighted by molar-refractivity contribution is -0.142. The summed E-state index contributed by atoms with van der Waals surface area (Å²) in [7, 11) is 2.75. The fraction of sp³-hybridized carbons (Fsp3) is 0.308. The number of hydrogen-bond donors (Lipinski definition) is 1. The SMILES string of the molecule is COC(=O)c1c(NC(=O)c2cc3nc(-c4ccc(OC)cc4)cc(C(F)(F)F)n3n2)sc2c1CCCCC2. The molecule has 1 N–H and O–H groups in total. The Labute approximate surface area is 219 Å². The zero-order chi connectivity index (χ0) is 27.0. The summed E-state index contributed by atoms with van der Waals surface area (Å²) in [5.74, 6) is -0.776. The summed E-state index contributed by atoms with van der Waals surface area (Å²) < 4.78 is 52.6. The van der Waals surface area contributed by atoms with Gasteiger partial charge in [-0.1, -0.05) is 6.42 Å². The number of rotatable bonds is 5. The number of esters is 1. The summed E-state index contributed by atoms with van der Waals surface area (Å²) in [6.07, 6.45) is -0.370. The van der Waals surface area contributed by atoms with Gasteiger partial charge < -0.3 is 14.8 Å². The van der Waals surface area contributed by atoms with E-state index in [0.29, 0.717) is 32.8 Å². The summed E-state index contributed by atoms with van der Waals surface area (Å²) in [6, 6.07) is 8.49. The van der Waals surface area contributed by atoms with Crippen LogP contribution in [0.4, 0.5) is 18.2 Å². The number of halogens is 3. The highest BCUT2D eigenvalue weighted by Gasteiger charge is 2.36. The molecule has 8 nitrogen and oxygen atoms in total. The number of nitrogens with zero attached hydrogens (tertiary/aromatic N) is 3. The van der Waals surface area contributed by atoms with Gasteiger partial charge >= 0.3 is 12.1 Å². The number of aryl methyl sites for hydroxylation is 1. The van der Waals surface area contributed by atoms with E-state index >= 15 is 0 Å². The molecule has 0 saturated heterocycles.